The molecule has 3 aromatic carbocycles. The monoisotopic (exact) mass is 530 g/mol. The molecule has 0 aliphatic rings. The normalized spacial score (nSPS) is 12.0. The molecule has 0 aromatic heterocycles. The van der Waals surface area contributed by atoms with Crippen LogP contribution in [0.5, 0.6) is 0 Å². The molecule has 0 spiro atoms. The van der Waals surface area contributed by atoms with Gasteiger partial charge in [-0.15, -0.1) is 0 Å². The van der Waals surface area contributed by atoms with Crippen LogP contribution in [0.15, 0.2) is 84.9 Å². The van der Waals surface area contributed by atoms with Gasteiger partial charge in [0.25, 0.3) is 0 Å². The van der Waals surface area contributed by atoms with Crippen molar-refractivity contribution in [3.8, 4) is 11.1 Å². The Hall–Kier alpha value is -4.66. The molecule has 2 atom stereocenters. The van der Waals surface area contributed by atoms with Crippen molar-refractivity contribution in [1.82, 2.24) is 21.3 Å². The number of hydrogen-bond acceptors (Lipinski definition) is 4. The Morgan fingerprint density at radius 2 is 1.33 bits per heavy atom. The fourth-order valence-electron chi connectivity index (χ4n) is 3.96. The molecule has 0 aliphatic heterocycles. The van der Waals surface area contributed by atoms with Crippen LogP contribution in [0.2, 0.25) is 0 Å². The number of amides is 4. The van der Waals surface area contributed by atoms with E-state index in [9.17, 15) is 24.3 Å². The summed E-state index contributed by atoms with van der Waals surface area (Å²) < 4.78 is 0. The Kier molecular flexibility index (Phi) is 11.1. The topological polar surface area (TPSA) is 137 Å². The number of hydrogen-bond donors (Lipinski definition) is 5. The van der Waals surface area contributed by atoms with Crippen LogP contribution in [0.1, 0.15) is 42.9 Å². The molecule has 9 nitrogen and oxygen atoms in total. The van der Waals surface area contributed by atoms with E-state index in [0.717, 1.165) is 16.7 Å². The highest BCUT2D eigenvalue weighted by atomic mass is 16.4. The molecule has 9 heteroatoms. The molecule has 0 radical (unpaired) electrons. The molecule has 0 bridgehead atoms. The van der Waals surface area contributed by atoms with Crippen molar-refractivity contribution in [2.75, 3.05) is 19.6 Å². The van der Waals surface area contributed by atoms with E-state index in [1.54, 1.807) is 12.1 Å². The Labute approximate surface area is 228 Å². The summed E-state index contributed by atoms with van der Waals surface area (Å²) in [4.78, 5) is 48.1. The summed E-state index contributed by atoms with van der Waals surface area (Å²) in [6.07, 6.45) is 0.536. The second kappa shape index (κ2) is 14.9. The average molecular weight is 531 g/mol. The molecular weight excluding hydrogens is 496 g/mol. The van der Waals surface area contributed by atoms with Gasteiger partial charge in [-0.1, -0.05) is 84.9 Å². The number of urea groups is 1. The summed E-state index contributed by atoms with van der Waals surface area (Å²) in [6.45, 7) is 1.82. The first kappa shape index (κ1) is 28.9. The minimum absolute atomic E-state index is 0.102. The maximum Gasteiger partial charge on any atom is 0.315 e. The van der Waals surface area contributed by atoms with Gasteiger partial charge in [0.05, 0.1) is 18.5 Å². The zero-order valence-electron chi connectivity index (χ0n) is 21.9. The van der Waals surface area contributed by atoms with E-state index in [4.69, 9.17) is 0 Å². The summed E-state index contributed by atoms with van der Waals surface area (Å²) in [6, 6.07) is 26.0. The van der Waals surface area contributed by atoms with Gasteiger partial charge in [-0.25, -0.2) is 4.79 Å². The largest absolute Gasteiger partial charge is 0.481 e. The number of aliphatic carboxylic acids is 1. The molecule has 0 saturated carbocycles. The molecule has 0 heterocycles. The molecule has 0 saturated heterocycles. The van der Waals surface area contributed by atoms with E-state index in [2.05, 4.69) is 21.3 Å². The predicted octanol–water partition coefficient (Wildman–Crippen LogP) is 3.59. The second-order valence-electron chi connectivity index (χ2n) is 9.10. The van der Waals surface area contributed by atoms with E-state index in [1.165, 1.54) is 0 Å². The van der Waals surface area contributed by atoms with Crippen LogP contribution in [0, 0.1) is 0 Å². The summed E-state index contributed by atoms with van der Waals surface area (Å²) >= 11 is 0. The van der Waals surface area contributed by atoms with Crippen molar-refractivity contribution < 1.29 is 24.3 Å². The zero-order chi connectivity index (χ0) is 28.0. The van der Waals surface area contributed by atoms with Gasteiger partial charge in [0.1, 0.15) is 0 Å². The van der Waals surface area contributed by atoms with Gasteiger partial charge in [-0.05, 0) is 35.6 Å². The van der Waals surface area contributed by atoms with Gasteiger partial charge in [0, 0.05) is 19.5 Å². The third-order valence-electron chi connectivity index (χ3n) is 6.18. The van der Waals surface area contributed by atoms with Crippen LogP contribution in [0.4, 0.5) is 4.79 Å². The van der Waals surface area contributed by atoms with Gasteiger partial charge in [0.15, 0.2) is 0 Å². The van der Waals surface area contributed by atoms with Crippen molar-refractivity contribution >= 4 is 23.8 Å². The minimum atomic E-state index is -1.05. The Bertz CT molecular complexity index is 1230. The third-order valence-corrected chi connectivity index (χ3v) is 6.18. The van der Waals surface area contributed by atoms with E-state index in [-0.39, 0.29) is 37.5 Å². The number of rotatable bonds is 13. The van der Waals surface area contributed by atoms with Crippen LogP contribution in [-0.2, 0) is 14.4 Å². The molecule has 0 fully saturated rings. The molecule has 4 amide bonds. The van der Waals surface area contributed by atoms with Crippen molar-refractivity contribution in [2.45, 2.75) is 31.7 Å². The minimum Gasteiger partial charge on any atom is -0.481 e. The summed E-state index contributed by atoms with van der Waals surface area (Å²) in [5.41, 5.74) is 3.55. The standard InChI is InChI=1S/C30H34N4O5/c1-21(22-9-4-2-5-10-22)34-30(39)31-18-8-13-27(35)33-20-28(36)32-19-26(29(37)38)25-16-14-24(15-17-25)23-11-6-3-7-12-23/h2-7,9-12,14-17,21,26H,8,13,18-20H2,1H3,(H,32,36)(H,33,35)(H,37,38)(H2,31,34,39)/t21-,26?/m0/s1. The first-order chi connectivity index (χ1) is 18.8. The summed E-state index contributed by atoms with van der Waals surface area (Å²) in [5.74, 6) is -2.79. The molecular formula is C30H34N4O5. The smallest absolute Gasteiger partial charge is 0.315 e. The fraction of sp³-hybridized carbons (Fsp3) is 0.267. The van der Waals surface area contributed by atoms with Crippen LogP contribution >= 0.6 is 0 Å². The van der Waals surface area contributed by atoms with Crippen molar-refractivity contribution in [2.24, 2.45) is 0 Å². The van der Waals surface area contributed by atoms with Gasteiger partial charge in [-0.2, -0.15) is 0 Å². The maximum absolute atomic E-state index is 12.2. The Balaban J connectivity index is 1.33. The van der Waals surface area contributed by atoms with E-state index in [1.807, 2.05) is 79.7 Å². The lowest BCUT2D eigenvalue weighted by Crippen LogP contribution is -2.40. The highest BCUT2D eigenvalue weighted by Crippen LogP contribution is 2.23. The molecule has 204 valence electrons. The first-order valence-electron chi connectivity index (χ1n) is 12.8. The van der Waals surface area contributed by atoms with Crippen LogP contribution < -0.4 is 21.3 Å². The summed E-state index contributed by atoms with van der Waals surface area (Å²) in [5, 5.41) is 20.3. The van der Waals surface area contributed by atoms with Crippen LogP contribution in [0.3, 0.4) is 0 Å². The van der Waals surface area contributed by atoms with Gasteiger partial charge in [-0.3, -0.25) is 14.4 Å². The molecule has 1 unspecified atom stereocenters. The lowest BCUT2D eigenvalue weighted by molar-refractivity contribution is -0.138. The maximum atomic E-state index is 12.2. The molecule has 5 N–H and O–H groups in total. The van der Waals surface area contributed by atoms with E-state index >= 15 is 0 Å². The molecule has 3 aromatic rings. The quantitative estimate of drug-likeness (QED) is 0.215. The highest BCUT2D eigenvalue weighted by molar-refractivity contribution is 5.85. The Morgan fingerprint density at radius 3 is 1.97 bits per heavy atom. The molecule has 3 rings (SSSR count). The average Bonchev–Trinajstić information content (AvgIpc) is 2.95. The zero-order valence-corrected chi connectivity index (χ0v) is 21.9. The SMILES string of the molecule is C[C@H](NC(=O)NCCCC(=O)NCC(=O)NCC(C(=O)O)c1ccc(-c2ccccc2)cc1)c1ccccc1. The van der Waals surface area contributed by atoms with Crippen LogP contribution in [0.25, 0.3) is 11.1 Å². The number of carbonyl (C=O) groups is 4. The van der Waals surface area contributed by atoms with Gasteiger partial charge in [0.2, 0.25) is 11.8 Å². The lowest BCUT2D eigenvalue weighted by atomic mass is 9.96. The number of carboxylic acid groups (broad SMARTS) is 1. The third kappa shape index (κ3) is 9.62. The number of nitrogens with one attached hydrogen (secondary N) is 4. The molecule has 39 heavy (non-hydrogen) atoms. The predicted molar refractivity (Wildman–Crippen MR) is 149 cm³/mol. The van der Waals surface area contributed by atoms with Crippen molar-refractivity contribution in [3.05, 3.63) is 96.1 Å². The van der Waals surface area contributed by atoms with E-state index < -0.39 is 17.8 Å². The highest BCUT2D eigenvalue weighted by Gasteiger charge is 2.21. The lowest BCUT2D eigenvalue weighted by Gasteiger charge is -2.15. The fourth-order valence-corrected chi connectivity index (χ4v) is 3.96. The van der Waals surface area contributed by atoms with Crippen molar-refractivity contribution in [1.29, 1.82) is 0 Å². The molecule has 0 aliphatic carbocycles. The first-order valence-corrected chi connectivity index (χ1v) is 12.8. The van der Waals surface area contributed by atoms with E-state index in [0.29, 0.717) is 18.5 Å². The second-order valence-corrected chi connectivity index (χ2v) is 9.10. The number of carboxylic acids is 1. The number of benzene rings is 3. The number of carbonyl (C=O) groups excluding carboxylic acids is 3. The van der Waals surface area contributed by atoms with Crippen molar-refractivity contribution in [3.63, 3.8) is 0 Å². The summed E-state index contributed by atoms with van der Waals surface area (Å²) in [7, 11) is 0. The van der Waals surface area contributed by atoms with Gasteiger partial charge >= 0.3 is 12.0 Å². The Morgan fingerprint density at radius 1 is 0.718 bits per heavy atom. The van der Waals surface area contributed by atoms with Crippen LogP contribution in [-0.4, -0.2) is 48.6 Å². The van der Waals surface area contributed by atoms with Gasteiger partial charge < -0.3 is 26.4 Å².